The summed E-state index contributed by atoms with van der Waals surface area (Å²) in [6.07, 6.45) is 3.11. The van der Waals surface area contributed by atoms with Gasteiger partial charge in [0.15, 0.2) is 17.3 Å². The van der Waals surface area contributed by atoms with E-state index in [0.717, 1.165) is 0 Å². The van der Waals surface area contributed by atoms with Crippen LogP contribution in [-0.4, -0.2) is 42.4 Å². The number of benzene rings is 1. The van der Waals surface area contributed by atoms with E-state index in [2.05, 4.69) is 15.3 Å². The first-order valence-corrected chi connectivity index (χ1v) is 7.64. The SMILES string of the molecule is COc1cc(-c2n[nH]c(=S)n2N=Cc2ccco2)cc(OC)c1OC. The molecule has 0 aliphatic carbocycles. The Morgan fingerprint density at radius 3 is 2.48 bits per heavy atom. The smallest absolute Gasteiger partial charge is 0.216 e. The Morgan fingerprint density at radius 2 is 1.92 bits per heavy atom. The second kappa shape index (κ2) is 7.22. The van der Waals surface area contributed by atoms with Gasteiger partial charge in [-0.15, -0.1) is 0 Å². The molecular formula is C16H16N4O4S. The Bertz CT molecular complexity index is 918. The highest BCUT2D eigenvalue weighted by Crippen LogP contribution is 2.40. The lowest BCUT2D eigenvalue weighted by Gasteiger charge is -2.13. The van der Waals surface area contributed by atoms with E-state index in [9.17, 15) is 0 Å². The van der Waals surface area contributed by atoms with E-state index in [0.29, 0.717) is 39.2 Å². The molecule has 0 bridgehead atoms. The molecule has 0 spiro atoms. The zero-order valence-electron chi connectivity index (χ0n) is 13.8. The average Bonchev–Trinajstić information content (AvgIpc) is 3.28. The third kappa shape index (κ3) is 3.26. The van der Waals surface area contributed by atoms with Crippen molar-refractivity contribution in [3.05, 3.63) is 41.1 Å². The fourth-order valence-corrected chi connectivity index (χ4v) is 2.45. The molecular weight excluding hydrogens is 344 g/mol. The monoisotopic (exact) mass is 360 g/mol. The molecule has 0 saturated heterocycles. The molecule has 0 aliphatic heterocycles. The summed E-state index contributed by atoms with van der Waals surface area (Å²) in [6, 6.07) is 7.10. The molecule has 1 aromatic carbocycles. The van der Waals surface area contributed by atoms with Crippen LogP contribution in [0.5, 0.6) is 17.2 Å². The van der Waals surface area contributed by atoms with Gasteiger partial charge in [0.1, 0.15) is 5.76 Å². The fraction of sp³-hybridized carbons (Fsp3) is 0.188. The van der Waals surface area contributed by atoms with Gasteiger partial charge in [-0.1, -0.05) is 0 Å². The van der Waals surface area contributed by atoms with Crippen molar-refractivity contribution in [1.29, 1.82) is 0 Å². The Balaban J connectivity index is 2.10. The summed E-state index contributed by atoms with van der Waals surface area (Å²) in [4.78, 5) is 0. The second-order valence-corrected chi connectivity index (χ2v) is 5.22. The third-order valence-corrected chi connectivity index (χ3v) is 3.68. The summed E-state index contributed by atoms with van der Waals surface area (Å²) in [5.74, 6) is 2.60. The Kier molecular flexibility index (Phi) is 4.85. The standard InChI is InChI=1S/C16H16N4O4S/c1-21-12-7-10(8-13(22-2)14(12)23-3)15-18-19-16(25)20(15)17-9-11-5-4-6-24-11/h4-9H,1-3H3,(H,19,25). The highest BCUT2D eigenvalue weighted by molar-refractivity contribution is 7.71. The first kappa shape index (κ1) is 16.8. The van der Waals surface area contributed by atoms with Crippen molar-refractivity contribution in [3.63, 3.8) is 0 Å². The van der Waals surface area contributed by atoms with Gasteiger partial charge in [-0.2, -0.15) is 14.9 Å². The maximum atomic E-state index is 5.37. The molecule has 0 unspecified atom stereocenters. The van der Waals surface area contributed by atoms with E-state index in [1.54, 1.807) is 58.1 Å². The normalized spacial score (nSPS) is 11.0. The van der Waals surface area contributed by atoms with E-state index in [1.807, 2.05) is 0 Å². The lowest BCUT2D eigenvalue weighted by atomic mass is 10.1. The van der Waals surface area contributed by atoms with E-state index >= 15 is 0 Å². The van der Waals surface area contributed by atoms with Crippen LogP contribution in [0.2, 0.25) is 0 Å². The molecule has 0 amide bonds. The van der Waals surface area contributed by atoms with E-state index in [4.69, 9.17) is 30.8 Å². The third-order valence-electron chi connectivity index (χ3n) is 3.42. The molecule has 2 heterocycles. The number of nitrogens with zero attached hydrogens (tertiary/aromatic N) is 3. The minimum atomic E-state index is 0.339. The quantitative estimate of drug-likeness (QED) is 0.537. The number of hydrogen-bond donors (Lipinski definition) is 1. The summed E-state index contributed by atoms with van der Waals surface area (Å²) in [7, 11) is 4.64. The molecule has 0 radical (unpaired) electrons. The van der Waals surface area contributed by atoms with Gasteiger partial charge in [-0.05, 0) is 36.5 Å². The maximum Gasteiger partial charge on any atom is 0.216 e. The van der Waals surface area contributed by atoms with Crippen LogP contribution in [0.1, 0.15) is 5.76 Å². The molecule has 0 aliphatic rings. The zero-order chi connectivity index (χ0) is 17.8. The predicted octanol–water partition coefficient (Wildman–Crippen LogP) is 3.11. The topological polar surface area (TPSA) is 86.8 Å². The Morgan fingerprint density at radius 1 is 1.20 bits per heavy atom. The Labute approximate surface area is 148 Å². The fourth-order valence-electron chi connectivity index (χ4n) is 2.28. The van der Waals surface area contributed by atoms with Gasteiger partial charge in [-0.3, -0.25) is 0 Å². The van der Waals surface area contributed by atoms with E-state index in [-0.39, 0.29) is 0 Å². The van der Waals surface area contributed by atoms with Crippen LogP contribution < -0.4 is 14.2 Å². The number of nitrogens with one attached hydrogen (secondary N) is 1. The summed E-state index contributed by atoms with van der Waals surface area (Å²) in [5.41, 5.74) is 0.693. The van der Waals surface area contributed by atoms with Crippen LogP contribution in [0.4, 0.5) is 0 Å². The van der Waals surface area contributed by atoms with Gasteiger partial charge >= 0.3 is 0 Å². The number of aromatic nitrogens is 3. The molecule has 1 N–H and O–H groups in total. The summed E-state index contributed by atoms with van der Waals surface area (Å²) in [5, 5.41) is 11.3. The number of aromatic amines is 1. The van der Waals surface area contributed by atoms with Crippen molar-refractivity contribution < 1.29 is 18.6 Å². The number of hydrogen-bond acceptors (Lipinski definition) is 7. The van der Waals surface area contributed by atoms with Gasteiger partial charge < -0.3 is 18.6 Å². The van der Waals surface area contributed by atoms with Crippen LogP contribution in [0.15, 0.2) is 40.0 Å². The molecule has 0 fully saturated rings. The number of furan rings is 1. The van der Waals surface area contributed by atoms with Gasteiger partial charge in [0.2, 0.25) is 10.5 Å². The van der Waals surface area contributed by atoms with Crippen LogP contribution in [0.25, 0.3) is 11.4 Å². The highest BCUT2D eigenvalue weighted by Gasteiger charge is 2.17. The van der Waals surface area contributed by atoms with Crippen molar-refractivity contribution in [2.45, 2.75) is 0 Å². The van der Waals surface area contributed by atoms with E-state index < -0.39 is 0 Å². The first-order valence-electron chi connectivity index (χ1n) is 7.23. The molecule has 130 valence electrons. The van der Waals surface area contributed by atoms with Crippen molar-refractivity contribution in [2.75, 3.05) is 21.3 Å². The lowest BCUT2D eigenvalue weighted by Crippen LogP contribution is -1.98. The molecule has 25 heavy (non-hydrogen) atoms. The van der Waals surface area contributed by atoms with Gasteiger partial charge in [0.25, 0.3) is 0 Å². The second-order valence-electron chi connectivity index (χ2n) is 4.84. The van der Waals surface area contributed by atoms with Crippen LogP contribution in [0, 0.1) is 4.77 Å². The number of ether oxygens (including phenoxy) is 3. The van der Waals surface area contributed by atoms with E-state index in [1.165, 1.54) is 4.68 Å². The first-order chi connectivity index (χ1) is 12.2. The van der Waals surface area contributed by atoms with Crippen LogP contribution in [0.3, 0.4) is 0 Å². The highest BCUT2D eigenvalue weighted by atomic mass is 32.1. The lowest BCUT2D eigenvalue weighted by molar-refractivity contribution is 0.324. The largest absolute Gasteiger partial charge is 0.493 e. The predicted molar refractivity (Wildman–Crippen MR) is 94.2 cm³/mol. The molecule has 8 nitrogen and oxygen atoms in total. The molecule has 0 atom stereocenters. The summed E-state index contributed by atoms with van der Waals surface area (Å²) < 4.78 is 23.1. The molecule has 2 aromatic heterocycles. The van der Waals surface area contributed by atoms with Crippen molar-refractivity contribution in [3.8, 4) is 28.6 Å². The Hall–Kier alpha value is -3.07. The molecule has 3 aromatic rings. The van der Waals surface area contributed by atoms with Gasteiger partial charge in [-0.25, -0.2) is 5.10 Å². The number of H-pyrrole nitrogens is 1. The average molecular weight is 360 g/mol. The minimum Gasteiger partial charge on any atom is -0.493 e. The number of rotatable bonds is 6. The summed E-state index contributed by atoms with van der Waals surface area (Å²) >= 11 is 5.25. The van der Waals surface area contributed by atoms with Gasteiger partial charge in [0, 0.05) is 5.56 Å². The van der Waals surface area contributed by atoms with Crippen molar-refractivity contribution in [2.24, 2.45) is 5.10 Å². The van der Waals surface area contributed by atoms with Crippen molar-refractivity contribution >= 4 is 18.4 Å². The summed E-state index contributed by atoms with van der Waals surface area (Å²) in [6.45, 7) is 0. The molecule has 0 saturated carbocycles. The zero-order valence-corrected chi connectivity index (χ0v) is 14.7. The molecule has 3 rings (SSSR count). The van der Waals surface area contributed by atoms with Crippen LogP contribution >= 0.6 is 12.2 Å². The maximum absolute atomic E-state index is 5.37. The van der Waals surface area contributed by atoms with Crippen LogP contribution in [-0.2, 0) is 0 Å². The van der Waals surface area contributed by atoms with Gasteiger partial charge in [0.05, 0.1) is 33.8 Å². The minimum absolute atomic E-state index is 0.339. The molecule has 9 heteroatoms. The number of methoxy groups -OCH3 is 3. The van der Waals surface area contributed by atoms with Crippen molar-refractivity contribution in [1.82, 2.24) is 14.9 Å².